The maximum atomic E-state index is 9.59. The molecular formula is C21H30N4O. The minimum Gasteiger partial charge on any atom is -0.395 e. The monoisotopic (exact) mass is 354 g/mol. The quantitative estimate of drug-likeness (QED) is 0.755. The largest absolute Gasteiger partial charge is 0.395 e. The molecule has 0 saturated carbocycles. The summed E-state index contributed by atoms with van der Waals surface area (Å²) in [6.45, 7) is 12.8. The Hall–Kier alpha value is -2.24. The van der Waals surface area contributed by atoms with Crippen LogP contribution < -0.4 is 15.9 Å². The van der Waals surface area contributed by atoms with E-state index in [9.17, 15) is 5.11 Å². The van der Waals surface area contributed by atoms with E-state index in [0.29, 0.717) is 0 Å². The van der Waals surface area contributed by atoms with E-state index in [-0.39, 0.29) is 12.6 Å². The second-order valence-electron chi connectivity index (χ2n) is 7.36. The summed E-state index contributed by atoms with van der Waals surface area (Å²) in [4.78, 5) is 0. The fourth-order valence-corrected chi connectivity index (χ4v) is 3.80. The summed E-state index contributed by atoms with van der Waals surface area (Å²) < 4.78 is 0. The molecule has 0 aliphatic carbocycles. The lowest BCUT2D eigenvalue weighted by molar-refractivity contribution is 0.182. The van der Waals surface area contributed by atoms with Gasteiger partial charge in [-0.1, -0.05) is 24.6 Å². The summed E-state index contributed by atoms with van der Waals surface area (Å²) in [6.07, 6.45) is 5.15. The van der Waals surface area contributed by atoms with Crippen LogP contribution in [-0.4, -0.2) is 22.8 Å². The average Bonchev–Trinajstić information content (AvgIpc) is 2.88. The van der Waals surface area contributed by atoms with Crippen molar-refractivity contribution in [3.8, 4) is 0 Å². The lowest BCUT2D eigenvalue weighted by Gasteiger charge is -2.33. The molecule has 140 valence electrons. The Bertz CT molecular complexity index is 779. The van der Waals surface area contributed by atoms with Crippen molar-refractivity contribution in [3.63, 3.8) is 0 Å². The van der Waals surface area contributed by atoms with Crippen molar-refractivity contribution in [2.45, 2.75) is 54.0 Å². The predicted octanol–water partition coefficient (Wildman–Crippen LogP) is 3.55. The van der Waals surface area contributed by atoms with E-state index in [1.165, 1.54) is 22.4 Å². The normalized spacial score (nSPS) is 17.8. The molecule has 1 aromatic rings. The Morgan fingerprint density at radius 1 is 1.12 bits per heavy atom. The number of hydrazine groups is 2. The summed E-state index contributed by atoms with van der Waals surface area (Å²) in [6, 6.07) is 4.46. The maximum Gasteiger partial charge on any atom is 0.103 e. The van der Waals surface area contributed by atoms with Crippen LogP contribution in [-0.2, 0) is 0 Å². The van der Waals surface area contributed by atoms with Crippen molar-refractivity contribution < 1.29 is 5.11 Å². The van der Waals surface area contributed by atoms with E-state index < -0.39 is 0 Å². The zero-order valence-electron chi connectivity index (χ0n) is 16.6. The minimum absolute atomic E-state index is 0.0237. The molecule has 26 heavy (non-hydrogen) atoms. The molecule has 2 aliphatic heterocycles. The fraction of sp³-hybridized carbons (Fsp3) is 0.429. The van der Waals surface area contributed by atoms with Crippen LogP contribution in [0.2, 0.25) is 0 Å². The Kier molecular flexibility index (Phi) is 5.12. The first kappa shape index (κ1) is 18.5. The molecule has 0 radical (unpaired) electrons. The van der Waals surface area contributed by atoms with Crippen molar-refractivity contribution >= 4 is 5.69 Å². The van der Waals surface area contributed by atoms with Crippen LogP contribution in [0.15, 0.2) is 47.1 Å². The highest BCUT2D eigenvalue weighted by Crippen LogP contribution is 2.38. The van der Waals surface area contributed by atoms with E-state index in [4.69, 9.17) is 0 Å². The van der Waals surface area contributed by atoms with Gasteiger partial charge in [0.25, 0.3) is 0 Å². The number of nitrogens with zero attached hydrogens (tertiary/aromatic N) is 2. The van der Waals surface area contributed by atoms with Gasteiger partial charge in [0.2, 0.25) is 0 Å². The highest BCUT2D eigenvalue weighted by Gasteiger charge is 2.33. The molecule has 1 atom stereocenters. The van der Waals surface area contributed by atoms with E-state index in [2.05, 4.69) is 86.8 Å². The molecular weight excluding hydrogens is 324 g/mol. The van der Waals surface area contributed by atoms with E-state index in [0.717, 1.165) is 29.1 Å². The SMILES string of the molecule is CCC(CO)NN1C=C(C)C=C2C1=C(C)NN2c1c(C)cc(C)cc1C. The van der Waals surface area contributed by atoms with Gasteiger partial charge in [-0.2, -0.15) is 0 Å². The molecule has 2 heterocycles. The summed E-state index contributed by atoms with van der Waals surface area (Å²) in [5.74, 6) is 0. The molecule has 1 unspecified atom stereocenters. The van der Waals surface area contributed by atoms with Crippen molar-refractivity contribution in [1.82, 2.24) is 15.9 Å². The third-order valence-electron chi connectivity index (χ3n) is 4.95. The average molecular weight is 354 g/mol. The van der Waals surface area contributed by atoms with Gasteiger partial charge < -0.3 is 5.11 Å². The molecule has 1 aromatic carbocycles. The molecule has 0 amide bonds. The number of aryl methyl sites for hydroxylation is 3. The van der Waals surface area contributed by atoms with Crippen LogP contribution in [0.1, 0.15) is 43.9 Å². The van der Waals surface area contributed by atoms with Crippen LogP contribution >= 0.6 is 0 Å². The zero-order valence-corrected chi connectivity index (χ0v) is 16.6. The van der Waals surface area contributed by atoms with Gasteiger partial charge in [0.05, 0.1) is 23.7 Å². The molecule has 0 spiro atoms. The smallest absolute Gasteiger partial charge is 0.103 e. The third kappa shape index (κ3) is 3.24. The van der Waals surface area contributed by atoms with Gasteiger partial charge in [0.1, 0.15) is 5.70 Å². The summed E-state index contributed by atoms with van der Waals surface area (Å²) in [5, 5.41) is 13.8. The summed E-state index contributed by atoms with van der Waals surface area (Å²) >= 11 is 0. The number of hydrogen-bond acceptors (Lipinski definition) is 5. The van der Waals surface area contributed by atoms with E-state index in [1.807, 2.05) is 0 Å². The van der Waals surface area contributed by atoms with Gasteiger partial charge >= 0.3 is 0 Å². The number of fused-ring (bicyclic) bond motifs is 1. The van der Waals surface area contributed by atoms with Crippen molar-refractivity contribution in [3.05, 3.63) is 63.8 Å². The molecule has 0 bridgehead atoms. The van der Waals surface area contributed by atoms with Crippen molar-refractivity contribution in [2.24, 2.45) is 0 Å². The number of benzene rings is 1. The maximum absolute atomic E-state index is 9.59. The predicted molar refractivity (Wildman–Crippen MR) is 107 cm³/mol. The minimum atomic E-state index is 0.0237. The lowest BCUT2D eigenvalue weighted by Crippen LogP contribution is -2.44. The first-order chi connectivity index (χ1) is 12.3. The second-order valence-corrected chi connectivity index (χ2v) is 7.36. The molecule has 0 fully saturated rings. The Labute approximate surface area is 156 Å². The summed E-state index contributed by atoms with van der Waals surface area (Å²) in [5.41, 5.74) is 16.4. The lowest BCUT2D eigenvalue weighted by atomic mass is 10.0. The molecule has 5 heteroatoms. The third-order valence-corrected chi connectivity index (χ3v) is 4.95. The van der Waals surface area contributed by atoms with Crippen molar-refractivity contribution in [2.75, 3.05) is 11.6 Å². The summed E-state index contributed by atoms with van der Waals surface area (Å²) in [7, 11) is 0. The van der Waals surface area contributed by atoms with Crippen molar-refractivity contribution in [1.29, 1.82) is 0 Å². The molecule has 2 aliphatic rings. The van der Waals surface area contributed by atoms with Crippen LogP contribution in [0.5, 0.6) is 0 Å². The van der Waals surface area contributed by atoms with Crippen LogP contribution in [0.4, 0.5) is 5.69 Å². The number of nitrogens with one attached hydrogen (secondary N) is 2. The van der Waals surface area contributed by atoms with Gasteiger partial charge in [0.15, 0.2) is 0 Å². The number of hydrogen-bond donors (Lipinski definition) is 3. The van der Waals surface area contributed by atoms with Gasteiger partial charge in [-0.3, -0.25) is 15.4 Å². The number of anilines is 1. The Balaban J connectivity index is 2.01. The highest BCUT2D eigenvalue weighted by molar-refractivity contribution is 5.69. The van der Waals surface area contributed by atoms with Gasteiger partial charge in [0, 0.05) is 12.2 Å². The number of rotatable bonds is 5. The molecule has 0 saturated heterocycles. The van der Waals surface area contributed by atoms with Crippen LogP contribution in [0.3, 0.4) is 0 Å². The van der Waals surface area contributed by atoms with Gasteiger partial charge in [-0.25, -0.2) is 5.43 Å². The van der Waals surface area contributed by atoms with Crippen LogP contribution in [0.25, 0.3) is 0 Å². The number of aliphatic hydroxyl groups excluding tert-OH is 1. The molecule has 0 aromatic heterocycles. The molecule has 5 nitrogen and oxygen atoms in total. The first-order valence-electron chi connectivity index (χ1n) is 9.28. The van der Waals surface area contributed by atoms with Crippen LogP contribution in [0, 0.1) is 20.8 Å². The molecule has 3 N–H and O–H groups in total. The Morgan fingerprint density at radius 2 is 1.77 bits per heavy atom. The van der Waals surface area contributed by atoms with Gasteiger partial charge in [-0.05, 0) is 63.8 Å². The van der Waals surface area contributed by atoms with Gasteiger partial charge in [-0.15, -0.1) is 0 Å². The number of aliphatic hydroxyl groups is 1. The highest BCUT2D eigenvalue weighted by atomic mass is 16.3. The second kappa shape index (κ2) is 7.17. The topological polar surface area (TPSA) is 50.8 Å². The number of allylic oxidation sites excluding steroid dienone is 3. The first-order valence-corrected chi connectivity index (χ1v) is 9.28. The zero-order chi connectivity index (χ0) is 19.0. The molecule has 3 rings (SSSR count). The fourth-order valence-electron chi connectivity index (χ4n) is 3.80. The standard InChI is InChI=1S/C21H30N4O/c1-7-18(12-26)23-24-11-14(3)10-19-21(24)17(6)22-25(19)20-15(4)8-13(2)9-16(20)5/h8-11,18,22-23,26H,7,12H2,1-6H3. The Morgan fingerprint density at radius 3 is 2.35 bits per heavy atom. The van der Waals surface area contributed by atoms with E-state index >= 15 is 0 Å². The van der Waals surface area contributed by atoms with E-state index in [1.54, 1.807) is 0 Å².